The van der Waals surface area contributed by atoms with E-state index in [1.807, 2.05) is 0 Å². The Morgan fingerprint density at radius 3 is 2.53 bits per heavy atom. The maximum Gasteiger partial charge on any atom is 0.343 e. The van der Waals surface area contributed by atoms with Crippen LogP contribution in [0.2, 0.25) is 0 Å². The first-order valence-corrected chi connectivity index (χ1v) is 11.9. The van der Waals surface area contributed by atoms with Crippen molar-refractivity contribution in [3.8, 4) is 11.6 Å². The van der Waals surface area contributed by atoms with Crippen molar-refractivity contribution >= 4 is 5.97 Å². The number of rotatable bonds is 9. The zero-order chi connectivity index (χ0) is 24.3. The fourth-order valence-corrected chi connectivity index (χ4v) is 5.17. The van der Waals surface area contributed by atoms with E-state index in [2.05, 4.69) is 9.97 Å². The van der Waals surface area contributed by atoms with E-state index in [1.54, 1.807) is 31.5 Å². The molecule has 0 saturated heterocycles. The summed E-state index contributed by atoms with van der Waals surface area (Å²) in [4.78, 5) is 20.2. The summed E-state index contributed by atoms with van der Waals surface area (Å²) in [6.07, 6.45) is 8.24. The number of aromatic nitrogens is 2. The normalized spacial score (nSPS) is 23.0. The minimum Gasteiger partial charge on any atom is -0.495 e. The highest BCUT2D eigenvalue weighted by molar-refractivity contribution is 5.80. The number of alkyl halides is 1. The second-order valence-electron chi connectivity index (χ2n) is 9.59. The second kappa shape index (κ2) is 10.2. The molecule has 184 valence electrons. The average molecular weight is 475 g/mol. The molecule has 2 atom stereocenters. The van der Waals surface area contributed by atoms with Crippen molar-refractivity contribution in [2.24, 2.45) is 11.8 Å². The van der Waals surface area contributed by atoms with E-state index in [-0.39, 0.29) is 11.8 Å². The standard InChI is InChI=1S/C26H32F2N2O4/c1-26(28,25(31)33-3)23(18-8-9-18)19-10-11-29-22(12-19)34-15-16-4-6-17(7-5-16)21-13-20(32-2)14-30-24(21)27/h10-14,16-18,23H,4-9,15H2,1-3H3. The van der Waals surface area contributed by atoms with Crippen LogP contribution in [0.5, 0.6) is 11.6 Å². The van der Waals surface area contributed by atoms with E-state index < -0.39 is 23.5 Å². The second-order valence-corrected chi connectivity index (χ2v) is 9.59. The third kappa shape index (κ3) is 5.31. The molecule has 2 unspecified atom stereocenters. The number of carbonyl (C=O) groups is 1. The molecule has 0 amide bonds. The lowest BCUT2D eigenvalue weighted by Crippen LogP contribution is -2.39. The van der Waals surface area contributed by atoms with E-state index in [1.165, 1.54) is 20.2 Å². The summed E-state index contributed by atoms with van der Waals surface area (Å²) in [5.41, 5.74) is -0.802. The Hall–Kier alpha value is -2.77. The van der Waals surface area contributed by atoms with Gasteiger partial charge in [-0.1, -0.05) is 0 Å². The van der Waals surface area contributed by atoms with Crippen molar-refractivity contribution in [1.29, 1.82) is 0 Å². The summed E-state index contributed by atoms with van der Waals surface area (Å²) in [6.45, 7) is 1.78. The molecule has 0 radical (unpaired) electrons. The molecule has 8 heteroatoms. The molecule has 0 aromatic carbocycles. The zero-order valence-electron chi connectivity index (χ0n) is 19.9. The Kier molecular flexibility index (Phi) is 7.33. The first-order valence-electron chi connectivity index (χ1n) is 11.9. The van der Waals surface area contributed by atoms with Gasteiger partial charge in [0.05, 0.1) is 27.0 Å². The monoisotopic (exact) mass is 474 g/mol. The molecule has 0 aliphatic heterocycles. The number of methoxy groups -OCH3 is 2. The van der Waals surface area contributed by atoms with Crippen molar-refractivity contribution in [1.82, 2.24) is 9.97 Å². The molecule has 2 aromatic heterocycles. The molecule has 2 saturated carbocycles. The number of carbonyl (C=O) groups excluding carboxylic acids is 1. The number of pyridine rings is 2. The first-order chi connectivity index (χ1) is 16.3. The van der Waals surface area contributed by atoms with Crippen LogP contribution in [0.3, 0.4) is 0 Å². The molecule has 34 heavy (non-hydrogen) atoms. The Labute approximate surface area is 199 Å². The van der Waals surface area contributed by atoms with Gasteiger partial charge in [0.15, 0.2) is 0 Å². The number of ether oxygens (including phenoxy) is 3. The molecule has 2 aromatic rings. The van der Waals surface area contributed by atoms with Crippen LogP contribution in [0.15, 0.2) is 30.6 Å². The minimum atomic E-state index is -2.11. The summed E-state index contributed by atoms with van der Waals surface area (Å²) in [7, 11) is 2.76. The van der Waals surface area contributed by atoms with E-state index in [0.29, 0.717) is 35.3 Å². The van der Waals surface area contributed by atoms with Gasteiger partial charge in [-0.05, 0) is 80.9 Å². The highest BCUT2D eigenvalue weighted by atomic mass is 19.1. The van der Waals surface area contributed by atoms with Gasteiger partial charge in [0.1, 0.15) is 5.75 Å². The maximum absolute atomic E-state index is 15.4. The van der Waals surface area contributed by atoms with Crippen LogP contribution in [0, 0.1) is 17.8 Å². The number of halogens is 2. The molecule has 2 heterocycles. The van der Waals surface area contributed by atoms with Gasteiger partial charge in [-0.15, -0.1) is 0 Å². The number of hydrogen-bond acceptors (Lipinski definition) is 6. The molecule has 2 aliphatic carbocycles. The van der Waals surface area contributed by atoms with Crippen LogP contribution in [-0.4, -0.2) is 42.4 Å². The summed E-state index contributed by atoms with van der Waals surface area (Å²) in [5.74, 6) is -0.355. The highest BCUT2D eigenvalue weighted by Crippen LogP contribution is 2.50. The fraction of sp³-hybridized carbons (Fsp3) is 0.577. The molecule has 2 aliphatic rings. The Morgan fingerprint density at radius 2 is 1.88 bits per heavy atom. The quantitative estimate of drug-likeness (QED) is 0.359. The highest BCUT2D eigenvalue weighted by Gasteiger charge is 2.51. The fourth-order valence-electron chi connectivity index (χ4n) is 5.17. The van der Waals surface area contributed by atoms with Gasteiger partial charge in [-0.25, -0.2) is 19.2 Å². The van der Waals surface area contributed by atoms with Gasteiger partial charge in [0.25, 0.3) is 0 Å². The summed E-state index contributed by atoms with van der Waals surface area (Å²) in [5, 5.41) is 0. The van der Waals surface area contributed by atoms with Gasteiger partial charge in [-0.3, -0.25) is 0 Å². The first kappa shape index (κ1) is 24.4. The van der Waals surface area contributed by atoms with E-state index >= 15 is 4.39 Å². The molecular formula is C26H32F2N2O4. The topological polar surface area (TPSA) is 70.5 Å². The zero-order valence-corrected chi connectivity index (χ0v) is 19.9. The van der Waals surface area contributed by atoms with Crippen molar-refractivity contribution in [3.05, 3.63) is 47.7 Å². The smallest absolute Gasteiger partial charge is 0.343 e. The third-order valence-electron chi connectivity index (χ3n) is 7.21. The van der Waals surface area contributed by atoms with Crippen molar-refractivity contribution < 1.29 is 27.8 Å². The molecule has 0 N–H and O–H groups in total. The Morgan fingerprint density at radius 1 is 1.15 bits per heavy atom. The summed E-state index contributed by atoms with van der Waals surface area (Å²) >= 11 is 0. The van der Waals surface area contributed by atoms with Gasteiger partial charge >= 0.3 is 5.97 Å². The SMILES string of the molecule is COC(=O)C(C)(F)C(c1ccnc(OCC2CCC(c3cc(OC)cnc3F)CC2)c1)C1CC1. The maximum atomic E-state index is 15.4. The van der Waals surface area contributed by atoms with Crippen LogP contribution in [0.4, 0.5) is 8.78 Å². The lowest BCUT2D eigenvalue weighted by Gasteiger charge is -2.29. The Balaban J connectivity index is 1.36. The third-order valence-corrected chi connectivity index (χ3v) is 7.21. The summed E-state index contributed by atoms with van der Waals surface area (Å²) < 4.78 is 45.5. The predicted octanol–water partition coefficient (Wildman–Crippen LogP) is 5.37. The number of esters is 1. The lowest BCUT2D eigenvalue weighted by atomic mass is 9.79. The van der Waals surface area contributed by atoms with E-state index in [4.69, 9.17) is 14.2 Å². The van der Waals surface area contributed by atoms with Crippen LogP contribution >= 0.6 is 0 Å². The van der Waals surface area contributed by atoms with Gasteiger partial charge in [0, 0.05) is 23.7 Å². The van der Waals surface area contributed by atoms with Crippen molar-refractivity contribution in [2.75, 3.05) is 20.8 Å². The van der Waals surface area contributed by atoms with Crippen LogP contribution < -0.4 is 9.47 Å². The van der Waals surface area contributed by atoms with Crippen molar-refractivity contribution in [3.63, 3.8) is 0 Å². The minimum absolute atomic E-state index is 0.103. The molecule has 0 bridgehead atoms. The predicted molar refractivity (Wildman–Crippen MR) is 122 cm³/mol. The van der Waals surface area contributed by atoms with Crippen LogP contribution in [-0.2, 0) is 9.53 Å². The van der Waals surface area contributed by atoms with E-state index in [0.717, 1.165) is 38.5 Å². The van der Waals surface area contributed by atoms with Gasteiger partial charge in [0.2, 0.25) is 17.5 Å². The van der Waals surface area contributed by atoms with Crippen LogP contribution in [0.25, 0.3) is 0 Å². The number of hydrogen-bond donors (Lipinski definition) is 0. The van der Waals surface area contributed by atoms with Crippen LogP contribution in [0.1, 0.15) is 68.4 Å². The van der Waals surface area contributed by atoms with Gasteiger partial charge in [-0.2, -0.15) is 4.39 Å². The van der Waals surface area contributed by atoms with Crippen molar-refractivity contribution in [2.45, 2.75) is 63.0 Å². The molecular weight excluding hydrogens is 442 g/mol. The average Bonchev–Trinajstić information content (AvgIpc) is 3.68. The summed E-state index contributed by atoms with van der Waals surface area (Å²) in [6, 6.07) is 5.23. The Bertz CT molecular complexity index is 1000. The van der Waals surface area contributed by atoms with Gasteiger partial charge < -0.3 is 14.2 Å². The largest absolute Gasteiger partial charge is 0.495 e. The molecule has 2 fully saturated rings. The van der Waals surface area contributed by atoms with E-state index in [9.17, 15) is 9.18 Å². The molecule has 6 nitrogen and oxygen atoms in total. The number of nitrogens with zero attached hydrogens (tertiary/aromatic N) is 2. The molecule has 4 rings (SSSR count). The molecule has 0 spiro atoms. The lowest BCUT2D eigenvalue weighted by molar-refractivity contribution is -0.155.